The van der Waals surface area contributed by atoms with Crippen LogP contribution in [-0.2, 0) is 6.61 Å². The molecule has 0 radical (unpaired) electrons. The van der Waals surface area contributed by atoms with Crippen LogP contribution in [-0.4, -0.2) is 16.2 Å². The van der Waals surface area contributed by atoms with Crippen LogP contribution in [0.3, 0.4) is 0 Å². The summed E-state index contributed by atoms with van der Waals surface area (Å²) in [6.07, 6.45) is 1.76. The zero-order valence-electron chi connectivity index (χ0n) is 10.7. The van der Waals surface area contributed by atoms with E-state index in [4.69, 9.17) is 9.84 Å². The maximum Gasteiger partial charge on any atom is 0.339 e. The molecule has 0 heterocycles. The number of ether oxygens (including phenoxy) is 1. The van der Waals surface area contributed by atoms with E-state index in [0.29, 0.717) is 12.4 Å². The summed E-state index contributed by atoms with van der Waals surface area (Å²) in [4.78, 5) is 10.8. The summed E-state index contributed by atoms with van der Waals surface area (Å²) in [5.41, 5.74) is 1.85. The van der Waals surface area contributed by atoms with Crippen LogP contribution in [0, 0.1) is 0 Å². The molecule has 2 aromatic carbocycles. The minimum atomic E-state index is -1.17. The van der Waals surface area contributed by atoms with Gasteiger partial charge in [-0.1, -0.05) is 36.9 Å². The van der Waals surface area contributed by atoms with E-state index < -0.39 is 5.97 Å². The predicted molar refractivity (Wildman–Crippen MR) is 75.9 cm³/mol. The summed E-state index contributed by atoms with van der Waals surface area (Å²) in [6, 6.07) is 11.8. The highest BCUT2D eigenvalue weighted by molar-refractivity contribution is 5.90. The van der Waals surface area contributed by atoms with Gasteiger partial charge in [-0.15, -0.1) is 0 Å². The van der Waals surface area contributed by atoms with Crippen molar-refractivity contribution in [2.45, 2.75) is 6.61 Å². The highest BCUT2D eigenvalue weighted by Gasteiger charge is 2.10. The Morgan fingerprint density at radius 2 is 1.90 bits per heavy atom. The summed E-state index contributed by atoms with van der Waals surface area (Å²) in [5, 5.41) is 18.4. The number of carboxylic acid groups (broad SMARTS) is 1. The molecule has 2 N–H and O–H groups in total. The Morgan fingerprint density at radius 1 is 1.20 bits per heavy atom. The van der Waals surface area contributed by atoms with Crippen molar-refractivity contribution in [1.29, 1.82) is 0 Å². The molecule has 0 aliphatic carbocycles. The quantitative estimate of drug-likeness (QED) is 0.874. The number of rotatable bonds is 5. The van der Waals surface area contributed by atoms with E-state index in [-0.39, 0.29) is 11.3 Å². The fourth-order valence-electron chi connectivity index (χ4n) is 1.70. The highest BCUT2D eigenvalue weighted by Crippen LogP contribution is 2.24. The van der Waals surface area contributed by atoms with Crippen molar-refractivity contribution in [2.24, 2.45) is 0 Å². The van der Waals surface area contributed by atoms with Crippen molar-refractivity contribution in [2.75, 3.05) is 0 Å². The molecule has 0 unspecified atom stereocenters. The van der Waals surface area contributed by atoms with E-state index in [1.54, 1.807) is 6.08 Å². The number of benzene rings is 2. The second-order valence-electron chi connectivity index (χ2n) is 4.22. The summed E-state index contributed by atoms with van der Waals surface area (Å²) >= 11 is 0. The number of hydrogen-bond donors (Lipinski definition) is 2. The molecule has 0 atom stereocenters. The zero-order chi connectivity index (χ0) is 14.5. The van der Waals surface area contributed by atoms with Crippen LogP contribution in [0.5, 0.6) is 11.5 Å². The molecule has 0 spiro atoms. The van der Waals surface area contributed by atoms with Crippen LogP contribution in [0.15, 0.2) is 49.0 Å². The molecule has 0 aliphatic heterocycles. The number of carboxylic acids is 1. The maximum atomic E-state index is 10.8. The molecule has 4 heteroatoms. The fraction of sp³-hybridized carbons (Fsp3) is 0.0625. The van der Waals surface area contributed by atoms with Crippen LogP contribution < -0.4 is 4.74 Å². The second kappa shape index (κ2) is 5.93. The minimum absolute atomic E-state index is 0.146. The molecule has 0 amide bonds. The monoisotopic (exact) mass is 270 g/mol. The molecule has 2 rings (SSSR count). The number of aromatic hydroxyl groups is 1. The van der Waals surface area contributed by atoms with Crippen LogP contribution in [0.1, 0.15) is 21.5 Å². The first kappa shape index (κ1) is 13.7. The van der Waals surface area contributed by atoms with Crippen molar-refractivity contribution in [3.63, 3.8) is 0 Å². The van der Waals surface area contributed by atoms with Crippen LogP contribution in [0.2, 0.25) is 0 Å². The van der Waals surface area contributed by atoms with Crippen molar-refractivity contribution >= 4 is 12.0 Å². The average Bonchev–Trinajstić information content (AvgIpc) is 2.45. The fourth-order valence-corrected chi connectivity index (χ4v) is 1.70. The Labute approximate surface area is 116 Å². The van der Waals surface area contributed by atoms with Gasteiger partial charge in [0, 0.05) is 6.07 Å². The van der Waals surface area contributed by atoms with Crippen molar-refractivity contribution < 1.29 is 19.7 Å². The van der Waals surface area contributed by atoms with Gasteiger partial charge in [0.1, 0.15) is 23.7 Å². The summed E-state index contributed by atoms with van der Waals surface area (Å²) in [6.45, 7) is 4.02. The Kier molecular flexibility index (Phi) is 4.05. The number of phenols is 1. The Bertz CT molecular complexity index is 629. The molecule has 0 fully saturated rings. The summed E-state index contributed by atoms with van der Waals surface area (Å²) in [5.74, 6) is -1.06. The smallest absolute Gasteiger partial charge is 0.339 e. The molecule has 102 valence electrons. The minimum Gasteiger partial charge on any atom is -0.507 e. The molecular formula is C16H14O4. The van der Waals surface area contributed by atoms with Crippen molar-refractivity contribution in [3.8, 4) is 11.5 Å². The lowest BCUT2D eigenvalue weighted by atomic mass is 10.1. The van der Waals surface area contributed by atoms with Gasteiger partial charge in [0.2, 0.25) is 0 Å². The number of carbonyl (C=O) groups is 1. The van der Waals surface area contributed by atoms with Gasteiger partial charge >= 0.3 is 5.97 Å². The molecule has 0 aromatic heterocycles. The highest BCUT2D eigenvalue weighted by atomic mass is 16.5. The first-order chi connectivity index (χ1) is 9.60. The van der Waals surface area contributed by atoms with Crippen LogP contribution in [0.4, 0.5) is 0 Å². The van der Waals surface area contributed by atoms with E-state index >= 15 is 0 Å². The molecule has 0 saturated heterocycles. The second-order valence-corrected chi connectivity index (χ2v) is 4.22. The lowest BCUT2D eigenvalue weighted by molar-refractivity contribution is 0.0693. The third-order valence-electron chi connectivity index (χ3n) is 2.82. The third kappa shape index (κ3) is 3.17. The van der Waals surface area contributed by atoms with E-state index in [2.05, 4.69) is 6.58 Å². The lowest BCUT2D eigenvalue weighted by Gasteiger charge is -2.08. The Balaban J connectivity index is 2.05. The molecule has 0 bridgehead atoms. The van der Waals surface area contributed by atoms with Gasteiger partial charge in [-0.25, -0.2) is 4.79 Å². The van der Waals surface area contributed by atoms with Crippen LogP contribution >= 0.6 is 0 Å². The topological polar surface area (TPSA) is 66.8 Å². The Hall–Kier alpha value is -2.75. The molecule has 4 nitrogen and oxygen atoms in total. The van der Waals surface area contributed by atoms with E-state index in [1.807, 2.05) is 24.3 Å². The van der Waals surface area contributed by atoms with Gasteiger partial charge in [0.25, 0.3) is 0 Å². The average molecular weight is 270 g/mol. The lowest BCUT2D eigenvalue weighted by Crippen LogP contribution is -1.99. The van der Waals surface area contributed by atoms with Gasteiger partial charge in [0.15, 0.2) is 0 Å². The predicted octanol–water partition coefficient (Wildman–Crippen LogP) is 3.31. The zero-order valence-corrected chi connectivity index (χ0v) is 10.7. The first-order valence-electron chi connectivity index (χ1n) is 6.00. The van der Waals surface area contributed by atoms with E-state index in [9.17, 15) is 9.90 Å². The van der Waals surface area contributed by atoms with Gasteiger partial charge in [-0.05, 0) is 23.3 Å². The summed E-state index contributed by atoms with van der Waals surface area (Å²) in [7, 11) is 0. The molecule has 0 saturated carbocycles. The Morgan fingerprint density at radius 3 is 2.45 bits per heavy atom. The largest absolute Gasteiger partial charge is 0.507 e. The molecule has 0 aliphatic rings. The molecular weight excluding hydrogens is 256 g/mol. The van der Waals surface area contributed by atoms with E-state index in [1.165, 1.54) is 18.2 Å². The number of aromatic carboxylic acids is 1. The van der Waals surface area contributed by atoms with Crippen molar-refractivity contribution in [3.05, 3.63) is 65.7 Å². The third-order valence-corrected chi connectivity index (χ3v) is 2.82. The first-order valence-corrected chi connectivity index (χ1v) is 6.00. The maximum absolute atomic E-state index is 10.8. The standard InChI is InChI=1S/C16H14O4/c1-2-11-3-5-12(6-4-11)10-20-13-7-8-14(16(18)19)15(17)9-13/h2-9,17H,1,10H2,(H,18,19). The van der Waals surface area contributed by atoms with Gasteiger partial charge in [0.05, 0.1) is 0 Å². The SMILES string of the molecule is C=Cc1ccc(COc2ccc(C(=O)O)c(O)c2)cc1. The van der Waals surface area contributed by atoms with Gasteiger partial charge < -0.3 is 14.9 Å². The van der Waals surface area contributed by atoms with Gasteiger partial charge in [-0.3, -0.25) is 0 Å². The summed E-state index contributed by atoms with van der Waals surface area (Å²) < 4.78 is 5.50. The van der Waals surface area contributed by atoms with Gasteiger partial charge in [-0.2, -0.15) is 0 Å². The van der Waals surface area contributed by atoms with E-state index in [0.717, 1.165) is 11.1 Å². The van der Waals surface area contributed by atoms with Crippen molar-refractivity contribution in [1.82, 2.24) is 0 Å². The number of hydrogen-bond acceptors (Lipinski definition) is 3. The molecule has 2 aromatic rings. The molecule has 20 heavy (non-hydrogen) atoms. The van der Waals surface area contributed by atoms with Crippen LogP contribution in [0.25, 0.3) is 6.08 Å². The normalized spacial score (nSPS) is 10.0.